The Labute approximate surface area is 212 Å². The summed E-state index contributed by atoms with van der Waals surface area (Å²) in [5.74, 6) is -0.106. The molecule has 0 aliphatic carbocycles. The van der Waals surface area contributed by atoms with Crippen LogP contribution in [0.2, 0.25) is 0 Å². The number of aromatic hydroxyl groups is 2. The predicted octanol–water partition coefficient (Wildman–Crippen LogP) is 6.66. The molecule has 37 heavy (non-hydrogen) atoms. The Hall–Kier alpha value is -5.16. The van der Waals surface area contributed by atoms with Crippen molar-refractivity contribution in [3.05, 3.63) is 138 Å². The van der Waals surface area contributed by atoms with E-state index in [1.807, 2.05) is 54.6 Å². The van der Waals surface area contributed by atoms with E-state index in [2.05, 4.69) is 4.57 Å². The van der Waals surface area contributed by atoms with E-state index in [1.54, 1.807) is 36.4 Å². The third-order valence-electron chi connectivity index (χ3n) is 6.56. The van der Waals surface area contributed by atoms with Gasteiger partial charge in [0.1, 0.15) is 11.5 Å². The first kappa shape index (κ1) is 22.3. The summed E-state index contributed by atoms with van der Waals surface area (Å²) in [4.78, 5) is 26.5. The zero-order valence-electron chi connectivity index (χ0n) is 19.6. The largest absolute Gasteiger partial charge is 0.508 e. The van der Waals surface area contributed by atoms with Gasteiger partial charge in [0, 0.05) is 38.7 Å². The second kappa shape index (κ2) is 8.81. The molecule has 1 aromatic heterocycles. The van der Waals surface area contributed by atoms with Crippen LogP contribution in [0.5, 0.6) is 11.5 Å². The summed E-state index contributed by atoms with van der Waals surface area (Å²) in [5.41, 5.74) is 4.79. The molecule has 0 amide bonds. The van der Waals surface area contributed by atoms with E-state index in [0.29, 0.717) is 22.3 Å². The number of ketones is 2. The van der Waals surface area contributed by atoms with E-state index in [0.717, 1.165) is 27.5 Å². The molecule has 0 saturated heterocycles. The van der Waals surface area contributed by atoms with Gasteiger partial charge in [0.05, 0.1) is 11.0 Å². The fourth-order valence-electron chi connectivity index (χ4n) is 4.72. The number of carbonyl (C=O) groups excluding carboxylic acids is 2. The van der Waals surface area contributed by atoms with Crippen molar-refractivity contribution in [2.45, 2.75) is 0 Å². The third-order valence-corrected chi connectivity index (χ3v) is 6.56. The number of rotatable bonds is 5. The highest BCUT2D eigenvalue weighted by Crippen LogP contribution is 2.34. The molecule has 6 rings (SSSR count). The Bertz CT molecular complexity index is 1680. The summed E-state index contributed by atoms with van der Waals surface area (Å²) >= 11 is 0. The molecule has 0 fully saturated rings. The standard InChI is InChI=1S/C32H21NO4/c34-25-12-6-20(7-13-25)31(36)22-10-16-29-27(18-22)28-19-23(32(37)21-8-14-26(35)15-9-21)11-17-30(28)33(29)24-4-2-1-3-5-24/h1-19,34-35H. The van der Waals surface area contributed by atoms with Crippen LogP contribution in [0.4, 0.5) is 0 Å². The number of phenolic OH excluding ortho intramolecular Hbond substituents is 2. The van der Waals surface area contributed by atoms with Crippen LogP contribution >= 0.6 is 0 Å². The van der Waals surface area contributed by atoms with Gasteiger partial charge in [-0.05, 0) is 97.1 Å². The van der Waals surface area contributed by atoms with E-state index < -0.39 is 0 Å². The molecular formula is C32H21NO4. The molecule has 0 bridgehead atoms. The molecular weight excluding hydrogens is 462 g/mol. The van der Waals surface area contributed by atoms with Crippen molar-refractivity contribution in [1.29, 1.82) is 0 Å². The van der Waals surface area contributed by atoms with Crippen molar-refractivity contribution in [2.24, 2.45) is 0 Å². The lowest BCUT2D eigenvalue weighted by Crippen LogP contribution is -2.01. The summed E-state index contributed by atoms with van der Waals surface area (Å²) in [7, 11) is 0. The highest BCUT2D eigenvalue weighted by molar-refractivity contribution is 6.17. The molecule has 0 spiro atoms. The number of phenols is 2. The Kier molecular flexibility index (Phi) is 5.31. The highest BCUT2D eigenvalue weighted by atomic mass is 16.3. The number of hydrogen-bond acceptors (Lipinski definition) is 4. The van der Waals surface area contributed by atoms with Gasteiger partial charge >= 0.3 is 0 Å². The minimum Gasteiger partial charge on any atom is -0.508 e. The fraction of sp³-hybridized carbons (Fsp3) is 0. The molecule has 0 radical (unpaired) electrons. The van der Waals surface area contributed by atoms with Gasteiger partial charge in [0.15, 0.2) is 11.6 Å². The predicted molar refractivity (Wildman–Crippen MR) is 144 cm³/mol. The minimum absolute atomic E-state index is 0.101. The van der Waals surface area contributed by atoms with E-state index in [4.69, 9.17) is 0 Å². The summed E-state index contributed by atoms with van der Waals surface area (Å²) in [6.07, 6.45) is 0. The van der Waals surface area contributed by atoms with Crippen molar-refractivity contribution >= 4 is 33.4 Å². The third kappa shape index (κ3) is 3.93. The molecule has 5 nitrogen and oxygen atoms in total. The summed E-state index contributed by atoms with van der Waals surface area (Å²) in [6.45, 7) is 0. The smallest absolute Gasteiger partial charge is 0.193 e. The minimum atomic E-state index is -0.154. The Morgan fingerprint density at radius 2 is 0.892 bits per heavy atom. The van der Waals surface area contributed by atoms with Gasteiger partial charge < -0.3 is 14.8 Å². The van der Waals surface area contributed by atoms with Gasteiger partial charge in [0.25, 0.3) is 0 Å². The number of fused-ring (bicyclic) bond motifs is 3. The maximum atomic E-state index is 13.2. The molecule has 0 saturated carbocycles. The molecule has 1 heterocycles. The van der Waals surface area contributed by atoms with E-state index >= 15 is 0 Å². The van der Waals surface area contributed by atoms with E-state index in [9.17, 15) is 19.8 Å². The van der Waals surface area contributed by atoms with Gasteiger partial charge in [0.2, 0.25) is 0 Å². The Balaban J connectivity index is 1.56. The number of aromatic nitrogens is 1. The highest BCUT2D eigenvalue weighted by Gasteiger charge is 2.18. The van der Waals surface area contributed by atoms with Crippen LogP contribution < -0.4 is 0 Å². The molecule has 0 unspecified atom stereocenters. The molecule has 178 valence electrons. The van der Waals surface area contributed by atoms with Crippen LogP contribution in [-0.4, -0.2) is 26.3 Å². The Morgan fingerprint density at radius 1 is 0.486 bits per heavy atom. The van der Waals surface area contributed by atoms with Crippen molar-refractivity contribution in [1.82, 2.24) is 4.57 Å². The first-order valence-corrected chi connectivity index (χ1v) is 11.8. The van der Waals surface area contributed by atoms with Gasteiger partial charge in [-0.2, -0.15) is 0 Å². The molecule has 0 aliphatic rings. The maximum Gasteiger partial charge on any atom is 0.193 e. The maximum absolute atomic E-state index is 13.2. The molecule has 0 atom stereocenters. The molecule has 5 aromatic carbocycles. The lowest BCUT2D eigenvalue weighted by Gasteiger charge is -2.08. The van der Waals surface area contributed by atoms with E-state index in [-0.39, 0.29) is 23.1 Å². The molecule has 5 heteroatoms. The van der Waals surface area contributed by atoms with Crippen LogP contribution in [0.15, 0.2) is 115 Å². The second-order valence-corrected chi connectivity index (χ2v) is 8.89. The molecule has 0 aliphatic heterocycles. The second-order valence-electron chi connectivity index (χ2n) is 8.89. The van der Waals surface area contributed by atoms with Crippen LogP contribution in [0.25, 0.3) is 27.5 Å². The fourth-order valence-corrected chi connectivity index (χ4v) is 4.72. The van der Waals surface area contributed by atoms with E-state index in [1.165, 1.54) is 24.3 Å². The van der Waals surface area contributed by atoms with Crippen LogP contribution in [0.3, 0.4) is 0 Å². The number of para-hydroxylation sites is 1. The molecule has 6 aromatic rings. The number of hydrogen-bond donors (Lipinski definition) is 2. The zero-order chi connectivity index (χ0) is 25.5. The average Bonchev–Trinajstić information content (AvgIpc) is 3.26. The van der Waals surface area contributed by atoms with Crippen LogP contribution in [0.1, 0.15) is 31.8 Å². The van der Waals surface area contributed by atoms with Crippen LogP contribution in [0, 0.1) is 0 Å². The van der Waals surface area contributed by atoms with Crippen molar-refractivity contribution < 1.29 is 19.8 Å². The van der Waals surface area contributed by atoms with Gasteiger partial charge in [-0.1, -0.05) is 18.2 Å². The number of carbonyl (C=O) groups is 2. The number of benzene rings is 5. The van der Waals surface area contributed by atoms with Crippen molar-refractivity contribution in [2.75, 3.05) is 0 Å². The van der Waals surface area contributed by atoms with Crippen LogP contribution in [-0.2, 0) is 0 Å². The summed E-state index contributed by atoms with van der Waals surface area (Å²) in [5, 5.41) is 20.9. The summed E-state index contributed by atoms with van der Waals surface area (Å²) < 4.78 is 2.12. The van der Waals surface area contributed by atoms with Gasteiger partial charge in [-0.15, -0.1) is 0 Å². The first-order valence-electron chi connectivity index (χ1n) is 11.8. The van der Waals surface area contributed by atoms with Gasteiger partial charge in [-0.25, -0.2) is 0 Å². The normalized spacial score (nSPS) is 11.1. The SMILES string of the molecule is O=C(c1ccc(O)cc1)c1ccc2c(c1)c1cc(C(=O)c3ccc(O)cc3)ccc1n2-c1ccccc1. The average molecular weight is 484 g/mol. The van der Waals surface area contributed by atoms with Crippen molar-refractivity contribution in [3.63, 3.8) is 0 Å². The monoisotopic (exact) mass is 483 g/mol. The van der Waals surface area contributed by atoms with Crippen molar-refractivity contribution in [3.8, 4) is 17.2 Å². The zero-order valence-corrected chi connectivity index (χ0v) is 19.6. The Morgan fingerprint density at radius 3 is 1.32 bits per heavy atom. The lowest BCUT2D eigenvalue weighted by atomic mass is 9.99. The number of nitrogens with zero attached hydrogens (tertiary/aromatic N) is 1. The topological polar surface area (TPSA) is 79.5 Å². The lowest BCUT2D eigenvalue weighted by molar-refractivity contribution is 0.103. The van der Waals surface area contributed by atoms with Gasteiger partial charge in [-0.3, -0.25) is 9.59 Å². The molecule has 2 N–H and O–H groups in total. The quantitative estimate of drug-likeness (QED) is 0.269. The first-order chi connectivity index (χ1) is 18.0. The summed E-state index contributed by atoms with van der Waals surface area (Å²) in [6, 6.07) is 33.5.